The van der Waals surface area contributed by atoms with E-state index >= 15 is 0 Å². The Morgan fingerprint density at radius 1 is 1.19 bits per heavy atom. The fourth-order valence-electron chi connectivity index (χ4n) is 3.64. The summed E-state index contributed by atoms with van der Waals surface area (Å²) in [5.74, 6) is 0.535. The standard InChI is InChI=1S/C22H28N2O7S/c1-4-30-17-5-7-19(8-6-17)32(27,28)24-11-9-16(10-12-24)21(25)23-14-18-13-20(15(2)31-18)22(26)29-3/h5-8,13,16H,4,9-12,14H2,1-3H3,(H,23,25). The Bertz CT molecular complexity index is 1050. The molecule has 0 aliphatic carbocycles. The molecule has 1 N–H and O–H groups in total. The molecule has 10 heteroatoms. The number of rotatable bonds is 8. The third kappa shape index (κ3) is 5.31. The number of amides is 1. The van der Waals surface area contributed by atoms with E-state index in [4.69, 9.17) is 13.9 Å². The lowest BCUT2D eigenvalue weighted by Gasteiger charge is -2.30. The summed E-state index contributed by atoms with van der Waals surface area (Å²) in [6.45, 7) is 4.69. The highest BCUT2D eigenvalue weighted by molar-refractivity contribution is 7.89. The molecule has 2 heterocycles. The number of aryl methyl sites for hydroxylation is 1. The lowest BCUT2D eigenvalue weighted by Crippen LogP contribution is -2.42. The number of nitrogens with one attached hydrogen (secondary N) is 1. The van der Waals surface area contributed by atoms with Crippen LogP contribution in [0.4, 0.5) is 0 Å². The van der Waals surface area contributed by atoms with Gasteiger partial charge in [-0.1, -0.05) is 0 Å². The van der Waals surface area contributed by atoms with Crippen molar-refractivity contribution in [3.8, 4) is 5.75 Å². The van der Waals surface area contributed by atoms with E-state index in [1.54, 1.807) is 25.1 Å². The van der Waals surface area contributed by atoms with E-state index in [2.05, 4.69) is 5.32 Å². The van der Waals surface area contributed by atoms with Gasteiger partial charge in [-0.15, -0.1) is 0 Å². The molecule has 1 aliphatic heterocycles. The fourth-order valence-corrected chi connectivity index (χ4v) is 5.11. The SMILES string of the molecule is CCOc1ccc(S(=O)(=O)N2CCC(C(=O)NCc3cc(C(=O)OC)c(C)o3)CC2)cc1. The first-order valence-corrected chi connectivity index (χ1v) is 11.9. The van der Waals surface area contributed by atoms with Crippen LogP contribution in [0.3, 0.4) is 0 Å². The van der Waals surface area contributed by atoms with Crippen LogP contribution in [0.1, 0.15) is 41.6 Å². The molecule has 0 bridgehead atoms. The van der Waals surface area contributed by atoms with Crippen molar-refractivity contribution in [2.45, 2.75) is 38.1 Å². The van der Waals surface area contributed by atoms with Crippen LogP contribution in [-0.4, -0.2) is 51.4 Å². The molecule has 0 radical (unpaired) electrons. The van der Waals surface area contributed by atoms with Gasteiger partial charge in [0.2, 0.25) is 15.9 Å². The average molecular weight is 465 g/mol. The van der Waals surface area contributed by atoms with E-state index in [9.17, 15) is 18.0 Å². The summed E-state index contributed by atoms with van der Waals surface area (Å²) in [7, 11) is -2.33. The van der Waals surface area contributed by atoms with Crippen molar-refractivity contribution in [3.63, 3.8) is 0 Å². The number of esters is 1. The normalized spacial score (nSPS) is 15.3. The zero-order valence-electron chi connectivity index (χ0n) is 18.4. The van der Waals surface area contributed by atoms with Gasteiger partial charge in [-0.3, -0.25) is 4.79 Å². The second-order valence-corrected chi connectivity index (χ2v) is 9.41. The van der Waals surface area contributed by atoms with Crippen LogP contribution in [0.2, 0.25) is 0 Å². The average Bonchev–Trinajstić information content (AvgIpc) is 3.18. The lowest BCUT2D eigenvalue weighted by molar-refractivity contribution is -0.126. The Labute approximate surface area is 187 Å². The lowest BCUT2D eigenvalue weighted by atomic mass is 9.97. The minimum atomic E-state index is -3.62. The molecule has 1 aromatic heterocycles. The monoisotopic (exact) mass is 464 g/mol. The molecule has 1 aliphatic rings. The Hall–Kier alpha value is -2.85. The van der Waals surface area contributed by atoms with E-state index in [-0.39, 0.29) is 36.4 Å². The quantitative estimate of drug-likeness (QED) is 0.597. The van der Waals surface area contributed by atoms with Gasteiger partial charge < -0.3 is 19.2 Å². The third-order valence-electron chi connectivity index (χ3n) is 5.41. The Morgan fingerprint density at radius 2 is 1.84 bits per heavy atom. The topological polar surface area (TPSA) is 115 Å². The summed E-state index contributed by atoms with van der Waals surface area (Å²) in [6, 6.07) is 7.89. The molecular formula is C22H28N2O7S. The highest BCUT2D eigenvalue weighted by atomic mass is 32.2. The van der Waals surface area contributed by atoms with E-state index in [1.165, 1.54) is 23.5 Å². The summed E-state index contributed by atoms with van der Waals surface area (Å²) >= 11 is 0. The molecule has 0 unspecified atom stereocenters. The van der Waals surface area contributed by atoms with Crippen molar-refractivity contribution in [3.05, 3.63) is 47.4 Å². The minimum absolute atomic E-state index is 0.140. The molecule has 32 heavy (non-hydrogen) atoms. The minimum Gasteiger partial charge on any atom is -0.494 e. The summed E-state index contributed by atoms with van der Waals surface area (Å²) < 4.78 is 42.7. The van der Waals surface area contributed by atoms with Crippen molar-refractivity contribution in [1.29, 1.82) is 0 Å². The van der Waals surface area contributed by atoms with Crippen LogP contribution >= 0.6 is 0 Å². The van der Waals surface area contributed by atoms with Gasteiger partial charge in [-0.25, -0.2) is 13.2 Å². The molecule has 0 atom stereocenters. The Kier molecular flexibility index (Phi) is 7.57. The van der Waals surface area contributed by atoms with Crippen LogP contribution in [0.25, 0.3) is 0 Å². The number of hydrogen-bond acceptors (Lipinski definition) is 7. The second-order valence-electron chi connectivity index (χ2n) is 7.47. The predicted octanol–water partition coefficient (Wildman–Crippen LogP) is 2.49. The zero-order valence-corrected chi connectivity index (χ0v) is 19.2. The molecule has 0 spiro atoms. The third-order valence-corrected chi connectivity index (χ3v) is 7.32. The van der Waals surface area contributed by atoms with Gasteiger partial charge in [0.15, 0.2) is 0 Å². The number of methoxy groups -OCH3 is 1. The fraction of sp³-hybridized carbons (Fsp3) is 0.455. The number of carbonyl (C=O) groups excluding carboxylic acids is 2. The molecule has 2 aromatic rings. The van der Waals surface area contributed by atoms with Gasteiger partial charge in [0, 0.05) is 19.0 Å². The number of hydrogen-bond donors (Lipinski definition) is 1. The van der Waals surface area contributed by atoms with Crippen LogP contribution in [0, 0.1) is 12.8 Å². The number of sulfonamides is 1. The molecular weight excluding hydrogens is 436 g/mol. The van der Waals surface area contributed by atoms with Gasteiger partial charge in [0.25, 0.3) is 0 Å². The molecule has 1 saturated heterocycles. The largest absolute Gasteiger partial charge is 0.494 e. The Balaban J connectivity index is 1.53. The van der Waals surface area contributed by atoms with Gasteiger partial charge in [-0.05, 0) is 57.0 Å². The van der Waals surface area contributed by atoms with Crippen LogP contribution in [0.15, 0.2) is 39.6 Å². The number of furan rings is 1. The van der Waals surface area contributed by atoms with Crippen molar-refractivity contribution in [2.75, 3.05) is 26.8 Å². The van der Waals surface area contributed by atoms with E-state index in [1.807, 2.05) is 6.92 Å². The Morgan fingerprint density at radius 3 is 2.44 bits per heavy atom. The zero-order chi connectivity index (χ0) is 23.3. The van der Waals surface area contributed by atoms with Gasteiger partial charge in [-0.2, -0.15) is 4.31 Å². The van der Waals surface area contributed by atoms with Crippen molar-refractivity contribution >= 4 is 21.9 Å². The molecule has 1 fully saturated rings. The van der Waals surface area contributed by atoms with Crippen molar-refractivity contribution in [1.82, 2.24) is 9.62 Å². The summed E-state index contributed by atoms with van der Waals surface area (Å²) in [4.78, 5) is 24.4. The van der Waals surface area contributed by atoms with Crippen LogP contribution in [0.5, 0.6) is 5.75 Å². The maximum Gasteiger partial charge on any atom is 0.341 e. The second kappa shape index (κ2) is 10.2. The molecule has 174 valence electrons. The number of piperidine rings is 1. The van der Waals surface area contributed by atoms with Crippen LogP contribution < -0.4 is 10.1 Å². The van der Waals surface area contributed by atoms with E-state index < -0.39 is 16.0 Å². The van der Waals surface area contributed by atoms with Crippen molar-refractivity contribution in [2.24, 2.45) is 5.92 Å². The first kappa shape index (κ1) is 23.8. The highest BCUT2D eigenvalue weighted by Crippen LogP contribution is 2.25. The van der Waals surface area contributed by atoms with Gasteiger partial charge in [0.05, 0.1) is 25.2 Å². The number of ether oxygens (including phenoxy) is 2. The summed E-state index contributed by atoms with van der Waals surface area (Å²) in [6.07, 6.45) is 0.847. The van der Waals surface area contributed by atoms with Gasteiger partial charge >= 0.3 is 5.97 Å². The first-order valence-electron chi connectivity index (χ1n) is 10.4. The van der Waals surface area contributed by atoms with Gasteiger partial charge in [0.1, 0.15) is 22.8 Å². The summed E-state index contributed by atoms with van der Waals surface area (Å²) in [5.41, 5.74) is 0.324. The molecule has 9 nitrogen and oxygen atoms in total. The summed E-state index contributed by atoms with van der Waals surface area (Å²) in [5, 5.41) is 2.80. The maximum atomic E-state index is 12.9. The molecule has 3 rings (SSSR count). The van der Waals surface area contributed by atoms with E-state index in [0.717, 1.165) is 0 Å². The van der Waals surface area contributed by atoms with Crippen LogP contribution in [-0.2, 0) is 26.1 Å². The predicted molar refractivity (Wildman–Crippen MR) is 116 cm³/mol. The molecule has 0 saturated carbocycles. The smallest absolute Gasteiger partial charge is 0.341 e. The molecule has 1 amide bonds. The van der Waals surface area contributed by atoms with E-state index in [0.29, 0.717) is 42.3 Å². The number of carbonyl (C=O) groups is 2. The number of benzene rings is 1. The maximum absolute atomic E-state index is 12.9. The van der Waals surface area contributed by atoms with Crippen molar-refractivity contribution < 1.29 is 31.9 Å². The highest BCUT2D eigenvalue weighted by Gasteiger charge is 2.32. The molecule has 1 aromatic carbocycles. The first-order chi connectivity index (χ1) is 15.3. The number of nitrogens with zero attached hydrogens (tertiary/aromatic N) is 1.